The number of ether oxygens (including phenoxy) is 3. The molecular formula is C118H228O25. The standard InChI is InChI=1S/C15H22O4.6C10H20O.2C9H18O3.C9H18O.2C8H16O4/c1-8(2)14-12(17)13(18)15(19-14)11(16)10-6-4-9(3)5-7-10;3*1-8(2)9-5-4-6-10(3,11)7-9;3*1-8(2)9-6-4-5-7-10(9,3)11;2*1-5(2)7-3-6(4-10)8(11)9(7)12;1-7(2)8-4-5-9(3,10)6-8;2*1-4(2)8-7(11)6(10)5(3-9)12-8/h4-8,11-18H,1-3H3;6*8-9,11H,4-7H2,1-3H3;2*5-12H,3-4H2,1-2H3;7-8,10H,4-6H2,1-3H3;2*4-11H,3H2,1-2H3/t11-,12-,13+,14+,15-;9-,10+;9-,10-;;9-,10+;9-,10-;;2*6-,7+,8-,9+;8-,9-;2*5-,6-,7-,8+/m101.01.11111/s1. The Morgan fingerprint density at radius 3 is 0.699 bits per heavy atom. The molecule has 1 aromatic carbocycles. The smallest absolute Gasteiger partial charge is 0.117 e. The molecule has 1 aromatic rings. The molecule has 25 heteroatoms. The quantitative estimate of drug-likeness (QED) is 0.0649. The number of aliphatic hydroxyl groups is 22. The van der Waals surface area contributed by atoms with Crippen molar-refractivity contribution in [2.24, 2.45) is 136 Å². The molecule has 3 aliphatic heterocycles. The number of benzene rings is 1. The molecule has 13 rings (SSSR count). The summed E-state index contributed by atoms with van der Waals surface area (Å²) in [5.41, 5.74) is -0.816. The second-order valence-corrected chi connectivity index (χ2v) is 52.3. The van der Waals surface area contributed by atoms with Gasteiger partial charge in [-0.25, -0.2) is 0 Å². The van der Waals surface area contributed by atoms with Gasteiger partial charge in [-0.05, 0) is 314 Å². The minimum absolute atomic E-state index is 0.0263. The molecule has 9 aliphatic carbocycles. The number of aryl methyl sites for hydroxylation is 1. The Labute approximate surface area is 870 Å². The zero-order valence-electron chi connectivity index (χ0n) is 96.3. The summed E-state index contributed by atoms with van der Waals surface area (Å²) in [6.45, 7) is 66.1. The Kier molecular flexibility index (Phi) is 61.3. The number of rotatable bonds is 18. The van der Waals surface area contributed by atoms with Crippen molar-refractivity contribution < 1.29 is 127 Å². The molecule has 0 bridgehead atoms. The van der Waals surface area contributed by atoms with Gasteiger partial charge in [0.05, 0.1) is 95.1 Å². The molecular weight excluding hydrogens is 1820 g/mol. The Hall–Kier alpha value is -1.78. The van der Waals surface area contributed by atoms with E-state index in [2.05, 4.69) is 96.9 Å². The second-order valence-electron chi connectivity index (χ2n) is 52.3. The van der Waals surface area contributed by atoms with E-state index in [0.29, 0.717) is 52.9 Å². The van der Waals surface area contributed by atoms with E-state index < -0.39 is 91.6 Å². The summed E-state index contributed by atoms with van der Waals surface area (Å²) in [6, 6.07) is 7.42. The maximum Gasteiger partial charge on any atom is 0.117 e. The second kappa shape index (κ2) is 63.9. The SMILES string of the molecule is CC(C)C1CCCC(C)(O)C1.CC(C)C1CCCCC1(C)O.CC(C)[C@@H]1CCCC[C@@]1(C)O.CC(C)[C@@H]1CCC[C@@](C)(O)C1.CC(C)[C@@H]1CC[C@@](C)(O)C1.CC(C)[C@@H]1C[C@H](CO)[C@@H](O)[C@H]1O.CC(C)[C@@H]1C[C@H](CO)[C@@H](O)[C@H]1O.CC(C)[C@@H]1O[C@H](CO)[C@@H](O)[C@H]1O.CC(C)[C@@H]1O[C@H](CO)[C@@H](O)[C@H]1O.CC(C)[C@H]1CCCC[C@@]1(C)O.CC(C)[C@H]1CCC[C@@](C)(O)C1.Cc1ccc([C@@H](O)[C@H]2O[C@@H](C(C)C)[C@H](O)[C@@H]2O)cc1. The van der Waals surface area contributed by atoms with Gasteiger partial charge in [0.1, 0.15) is 61.0 Å². The monoisotopic (exact) mass is 2050 g/mol. The highest BCUT2D eigenvalue weighted by molar-refractivity contribution is 5.25. The topological polar surface area (TPSA) is 473 Å². The van der Waals surface area contributed by atoms with Crippen LogP contribution in [0.4, 0.5) is 0 Å². The summed E-state index contributed by atoms with van der Waals surface area (Å²) in [4.78, 5) is 0. The van der Waals surface area contributed by atoms with Gasteiger partial charge in [-0.3, -0.25) is 0 Å². The van der Waals surface area contributed by atoms with E-state index in [1.165, 1.54) is 103 Å². The van der Waals surface area contributed by atoms with E-state index in [1.807, 2.05) is 149 Å². The van der Waals surface area contributed by atoms with Crippen LogP contribution in [0.15, 0.2) is 24.3 Å². The molecule has 35 atom stereocenters. The third kappa shape index (κ3) is 46.0. The Morgan fingerprint density at radius 2 is 0.524 bits per heavy atom. The largest absolute Gasteiger partial charge is 0.396 e. The molecule has 12 fully saturated rings. The Bertz CT molecular complexity index is 3140. The molecule has 25 nitrogen and oxygen atoms in total. The summed E-state index contributed by atoms with van der Waals surface area (Å²) in [5, 5.41) is 210. The molecule has 0 spiro atoms. The molecule has 850 valence electrons. The van der Waals surface area contributed by atoms with Crippen LogP contribution in [-0.2, 0) is 14.2 Å². The average Bonchev–Trinajstić information content (AvgIpc) is 1.63. The molecule has 143 heavy (non-hydrogen) atoms. The minimum Gasteiger partial charge on any atom is -0.396 e. The predicted octanol–water partition coefficient (Wildman–Crippen LogP) is 17.1. The van der Waals surface area contributed by atoms with Gasteiger partial charge >= 0.3 is 0 Å². The maximum absolute atomic E-state index is 10.3. The van der Waals surface area contributed by atoms with E-state index in [4.69, 9.17) is 34.6 Å². The first kappa shape index (κ1) is 137. The molecule has 12 aliphatic rings. The lowest BCUT2D eigenvalue weighted by atomic mass is 9.71. The van der Waals surface area contributed by atoms with Crippen LogP contribution in [0.3, 0.4) is 0 Å². The minimum atomic E-state index is -1.07. The molecule has 22 N–H and O–H groups in total. The van der Waals surface area contributed by atoms with Crippen LogP contribution in [0.1, 0.15) is 418 Å². The summed E-state index contributed by atoms with van der Waals surface area (Å²) in [7, 11) is 0. The first-order valence-corrected chi connectivity index (χ1v) is 56.9. The van der Waals surface area contributed by atoms with E-state index in [-0.39, 0.29) is 119 Å². The van der Waals surface area contributed by atoms with Crippen molar-refractivity contribution in [1.29, 1.82) is 0 Å². The first-order chi connectivity index (χ1) is 65.9. The van der Waals surface area contributed by atoms with Gasteiger partial charge in [0.25, 0.3) is 0 Å². The van der Waals surface area contributed by atoms with Crippen molar-refractivity contribution in [2.75, 3.05) is 26.4 Å². The lowest BCUT2D eigenvalue weighted by Crippen LogP contribution is -2.40. The lowest BCUT2D eigenvalue weighted by molar-refractivity contribution is -0.0755. The van der Waals surface area contributed by atoms with Crippen LogP contribution in [0.2, 0.25) is 0 Å². The van der Waals surface area contributed by atoms with Gasteiger partial charge in [0.15, 0.2) is 0 Å². The molecule has 9 saturated carbocycles. The van der Waals surface area contributed by atoms with E-state index >= 15 is 0 Å². The predicted molar refractivity (Wildman–Crippen MR) is 575 cm³/mol. The Morgan fingerprint density at radius 1 is 0.266 bits per heavy atom. The lowest BCUT2D eigenvalue weighted by Gasteiger charge is -2.39. The van der Waals surface area contributed by atoms with E-state index in [1.54, 1.807) is 0 Å². The Balaban J connectivity index is 0.000000529. The van der Waals surface area contributed by atoms with Crippen LogP contribution >= 0.6 is 0 Å². The van der Waals surface area contributed by atoms with Gasteiger partial charge < -0.3 is 127 Å². The van der Waals surface area contributed by atoms with Crippen molar-refractivity contribution in [3.63, 3.8) is 0 Å². The highest BCUT2D eigenvalue weighted by atomic mass is 16.6. The van der Waals surface area contributed by atoms with Gasteiger partial charge in [0, 0.05) is 25.0 Å². The summed E-state index contributed by atoms with van der Waals surface area (Å²) in [5.74, 6) is 10.5. The molecule has 0 amide bonds. The number of hydrogen-bond donors (Lipinski definition) is 22. The van der Waals surface area contributed by atoms with E-state index in [9.17, 15) is 91.9 Å². The van der Waals surface area contributed by atoms with Gasteiger partial charge in [-0.2, -0.15) is 0 Å². The van der Waals surface area contributed by atoms with Crippen LogP contribution < -0.4 is 0 Å². The molecule has 3 heterocycles. The fraction of sp³-hybridized carbons (Fsp3) is 0.949. The highest BCUT2D eigenvalue weighted by Gasteiger charge is 2.50. The summed E-state index contributed by atoms with van der Waals surface area (Å²) < 4.78 is 16.1. The average molecular weight is 2050 g/mol. The molecule has 0 aromatic heterocycles. The first-order valence-electron chi connectivity index (χ1n) is 56.9. The summed E-state index contributed by atoms with van der Waals surface area (Å²) >= 11 is 0. The van der Waals surface area contributed by atoms with Crippen molar-refractivity contribution in [1.82, 2.24) is 0 Å². The third-order valence-corrected chi connectivity index (χ3v) is 34.7. The number of aliphatic hydroxyl groups excluding tert-OH is 15. The van der Waals surface area contributed by atoms with Gasteiger partial charge in [-0.15, -0.1) is 0 Å². The van der Waals surface area contributed by atoms with Crippen LogP contribution in [0.25, 0.3) is 0 Å². The molecule has 3 saturated heterocycles. The van der Waals surface area contributed by atoms with Crippen molar-refractivity contribution in [3.05, 3.63) is 35.4 Å². The molecule has 0 radical (unpaired) electrons. The fourth-order valence-corrected chi connectivity index (χ4v) is 24.7. The van der Waals surface area contributed by atoms with E-state index in [0.717, 1.165) is 136 Å². The van der Waals surface area contributed by atoms with Gasteiger partial charge in [0.2, 0.25) is 0 Å². The molecule has 4 unspecified atom stereocenters. The fourth-order valence-electron chi connectivity index (χ4n) is 24.7. The van der Waals surface area contributed by atoms with Crippen molar-refractivity contribution in [3.8, 4) is 0 Å². The van der Waals surface area contributed by atoms with Crippen molar-refractivity contribution >= 4 is 0 Å². The van der Waals surface area contributed by atoms with Crippen LogP contribution in [0, 0.1) is 143 Å². The van der Waals surface area contributed by atoms with Crippen LogP contribution in [0.5, 0.6) is 0 Å². The third-order valence-electron chi connectivity index (χ3n) is 34.7. The van der Waals surface area contributed by atoms with Crippen LogP contribution in [-0.4, -0.2) is 276 Å². The highest BCUT2D eigenvalue weighted by Crippen LogP contribution is 2.46. The normalized spacial score (nSPS) is 39.7. The maximum atomic E-state index is 10.3. The summed E-state index contributed by atoms with van der Waals surface area (Å²) in [6.07, 6.45) is 19.8. The zero-order chi connectivity index (χ0) is 110. The van der Waals surface area contributed by atoms with Gasteiger partial charge in [-0.1, -0.05) is 254 Å². The number of hydrogen-bond acceptors (Lipinski definition) is 25. The van der Waals surface area contributed by atoms with Crippen molar-refractivity contribution in [2.45, 2.75) is 551 Å². The zero-order valence-corrected chi connectivity index (χ0v) is 96.3.